The average molecular weight is 441 g/mol. The van der Waals surface area contributed by atoms with E-state index in [1.165, 1.54) is 18.2 Å². The van der Waals surface area contributed by atoms with E-state index in [2.05, 4.69) is 0 Å². The van der Waals surface area contributed by atoms with E-state index in [0.717, 1.165) is 17.7 Å². The van der Waals surface area contributed by atoms with Gasteiger partial charge in [-0.05, 0) is 48.9 Å². The number of hydrogen-bond donors (Lipinski definition) is 0. The van der Waals surface area contributed by atoms with Crippen molar-refractivity contribution in [1.82, 2.24) is 4.57 Å². The molecule has 3 aromatic rings. The molecule has 0 amide bonds. The van der Waals surface area contributed by atoms with E-state index in [4.69, 9.17) is 39.5 Å². The van der Waals surface area contributed by atoms with Gasteiger partial charge in [0.2, 0.25) is 0 Å². The molecule has 0 aliphatic rings. The van der Waals surface area contributed by atoms with Crippen LogP contribution < -0.4 is 5.56 Å². The molecular weight excluding hydrogens is 428 g/mol. The summed E-state index contributed by atoms with van der Waals surface area (Å²) >= 11 is 17.8. The minimum absolute atomic E-state index is 0.0299. The first kappa shape index (κ1) is 20.4. The van der Waals surface area contributed by atoms with Gasteiger partial charge in [0, 0.05) is 16.3 Å². The number of methoxy groups -OCH3 is 1. The van der Waals surface area contributed by atoms with Crippen LogP contribution in [-0.4, -0.2) is 17.6 Å². The molecule has 0 unspecified atom stereocenters. The number of halogens is 4. The van der Waals surface area contributed by atoms with E-state index >= 15 is 0 Å². The molecule has 0 fully saturated rings. The third-order valence-corrected chi connectivity index (χ3v) is 5.14. The van der Waals surface area contributed by atoms with Gasteiger partial charge in [0.05, 0.1) is 22.8 Å². The molecule has 0 radical (unpaired) electrons. The number of carbonyl (C=O) groups is 1. The Morgan fingerprint density at radius 1 is 1.04 bits per heavy atom. The molecule has 8 heteroatoms. The molecule has 1 aromatic heterocycles. The molecule has 0 aliphatic carbocycles. The molecule has 0 atom stereocenters. The summed E-state index contributed by atoms with van der Waals surface area (Å²) in [4.78, 5) is 25.6. The van der Waals surface area contributed by atoms with Crippen molar-refractivity contribution >= 4 is 40.8 Å². The maximum absolute atomic E-state index is 14.4. The van der Waals surface area contributed by atoms with Crippen molar-refractivity contribution in [2.24, 2.45) is 0 Å². The third kappa shape index (κ3) is 3.65. The standard InChI is InChI=1S/C20H13Cl3FNO3/c1-10-7-13(11-3-5-14(22)15(23)8-11)18(20(27)28-2)19(26)25(10)17-6-4-12(21)9-16(17)24/h3-9H,1-2H3. The fraction of sp³-hybridized carbons (Fsp3) is 0.100. The van der Waals surface area contributed by atoms with Gasteiger partial charge in [-0.1, -0.05) is 40.9 Å². The first-order valence-corrected chi connectivity index (χ1v) is 9.13. The number of esters is 1. The lowest BCUT2D eigenvalue weighted by Gasteiger charge is -2.16. The molecule has 0 N–H and O–H groups in total. The van der Waals surface area contributed by atoms with Gasteiger partial charge in [0.25, 0.3) is 5.56 Å². The Kier molecular flexibility index (Phi) is 5.79. The van der Waals surface area contributed by atoms with E-state index in [1.54, 1.807) is 25.1 Å². The van der Waals surface area contributed by atoms with Crippen LogP contribution in [0.2, 0.25) is 15.1 Å². The summed E-state index contributed by atoms with van der Waals surface area (Å²) in [6, 6.07) is 10.2. The fourth-order valence-corrected chi connectivity index (χ4v) is 3.34. The topological polar surface area (TPSA) is 48.3 Å². The number of nitrogens with zero attached hydrogens (tertiary/aromatic N) is 1. The highest BCUT2D eigenvalue weighted by Crippen LogP contribution is 2.31. The molecule has 2 aromatic carbocycles. The number of rotatable bonds is 3. The van der Waals surface area contributed by atoms with Crippen LogP contribution in [-0.2, 0) is 4.74 Å². The highest BCUT2D eigenvalue weighted by molar-refractivity contribution is 6.42. The fourth-order valence-electron chi connectivity index (χ4n) is 2.89. The summed E-state index contributed by atoms with van der Waals surface area (Å²) in [5.74, 6) is -1.55. The van der Waals surface area contributed by atoms with E-state index in [9.17, 15) is 14.0 Å². The zero-order valence-electron chi connectivity index (χ0n) is 14.7. The summed E-state index contributed by atoms with van der Waals surface area (Å²) < 4.78 is 20.3. The molecule has 0 spiro atoms. The van der Waals surface area contributed by atoms with Crippen LogP contribution >= 0.6 is 34.8 Å². The van der Waals surface area contributed by atoms with Crippen LogP contribution in [0.3, 0.4) is 0 Å². The summed E-state index contributed by atoms with van der Waals surface area (Å²) in [6.45, 7) is 1.62. The number of aryl methyl sites for hydroxylation is 1. The zero-order chi connectivity index (χ0) is 20.6. The molecule has 0 bridgehead atoms. The maximum atomic E-state index is 14.4. The third-order valence-electron chi connectivity index (χ3n) is 4.16. The molecular formula is C20H13Cl3FNO3. The second kappa shape index (κ2) is 7.95. The molecule has 1 heterocycles. The first-order valence-electron chi connectivity index (χ1n) is 8.00. The Labute approximate surface area is 175 Å². The van der Waals surface area contributed by atoms with Crippen molar-refractivity contribution in [1.29, 1.82) is 0 Å². The van der Waals surface area contributed by atoms with Crippen molar-refractivity contribution in [3.8, 4) is 16.8 Å². The summed E-state index contributed by atoms with van der Waals surface area (Å²) in [5.41, 5.74) is 0.199. The van der Waals surface area contributed by atoms with Gasteiger partial charge in [-0.2, -0.15) is 0 Å². The first-order chi connectivity index (χ1) is 13.2. The van der Waals surface area contributed by atoms with Gasteiger partial charge < -0.3 is 4.74 Å². The lowest BCUT2D eigenvalue weighted by atomic mass is 9.99. The molecule has 0 saturated heterocycles. The van der Waals surface area contributed by atoms with Crippen LogP contribution in [0.5, 0.6) is 0 Å². The van der Waals surface area contributed by atoms with Crippen molar-refractivity contribution in [2.45, 2.75) is 6.92 Å². The van der Waals surface area contributed by atoms with Crippen molar-refractivity contribution in [2.75, 3.05) is 7.11 Å². The molecule has 0 aliphatic heterocycles. The highest BCUT2D eigenvalue weighted by atomic mass is 35.5. The second-order valence-corrected chi connectivity index (χ2v) is 7.18. The molecule has 3 rings (SSSR count). The lowest BCUT2D eigenvalue weighted by Crippen LogP contribution is -2.29. The van der Waals surface area contributed by atoms with E-state index < -0.39 is 17.3 Å². The van der Waals surface area contributed by atoms with E-state index in [0.29, 0.717) is 21.8 Å². The number of hydrogen-bond acceptors (Lipinski definition) is 3. The molecule has 28 heavy (non-hydrogen) atoms. The van der Waals surface area contributed by atoms with Gasteiger partial charge in [-0.3, -0.25) is 9.36 Å². The normalized spacial score (nSPS) is 10.8. The van der Waals surface area contributed by atoms with E-state index in [-0.39, 0.29) is 21.3 Å². The average Bonchev–Trinajstić information content (AvgIpc) is 2.64. The van der Waals surface area contributed by atoms with Crippen molar-refractivity contribution < 1.29 is 13.9 Å². The summed E-state index contributed by atoms with van der Waals surface area (Å²) in [6.07, 6.45) is 0. The Morgan fingerprint density at radius 3 is 2.36 bits per heavy atom. The molecule has 4 nitrogen and oxygen atoms in total. The number of pyridine rings is 1. The van der Waals surface area contributed by atoms with Crippen LogP contribution in [0.4, 0.5) is 4.39 Å². The van der Waals surface area contributed by atoms with Crippen LogP contribution in [0.25, 0.3) is 16.8 Å². The maximum Gasteiger partial charge on any atom is 0.344 e. The SMILES string of the molecule is COC(=O)c1c(-c2ccc(Cl)c(Cl)c2)cc(C)n(-c2ccc(Cl)cc2F)c1=O. The minimum Gasteiger partial charge on any atom is -0.465 e. The Balaban J connectivity index is 2.36. The number of aromatic nitrogens is 1. The second-order valence-electron chi connectivity index (χ2n) is 5.93. The Morgan fingerprint density at radius 2 is 1.75 bits per heavy atom. The van der Waals surface area contributed by atoms with Crippen LogP contribution in [0, 0.1) is 12.7 Å². The highest BCUT2D eigenvalue weighted by Gasteiger charge is 2.23. The summed E-state index contributed by atoms with van der Waals surface area (Å²) in [5, 5.41) is 0.784. The van der Waals surface area contributed by atoms with E-state index in [1.807, 2.05) is 0 Å². The molecule has 144 valence electrons. The number of ether oxygens (including phenoxy) is 1. The minimum atomic E-state index is -0.853. The monoisotopic (exact) mass is 439 g/mol. The van der Waals surface area contributed by atoms with Crippen molar-refractivity contribution in [3.05, 3.63) is 85.0 Å². The molecule has 0 saturated carbocycles. The largest absolute Gasteiger partial charge is 0.465 e. The van der Waals surface area contributed by atoms with Gasteiger partial charge in [-0.25, -0.2) is 9.18 Å². The number of benzene rings is 2. The van der Waals surface area contributed by atoms with Gasteiger partial charge >= 0.3 is 5.97 Å². The van der Waals surface area contributed by atoms with Gasteiger partial charge in [0.1, 0.15) is 11.4 Å². The quantitative estimate of drug-likeness (QED) is 0.491. The van der Waals surface area contributed by atoms with Crippen molar-refractivity contribution in [3.63, 3.8) is 0 Å². The zero-order valence-corrected chi connectivity index (χ0v) is 17.0. The smallest absolute Gasteiger partial charge is 0.344 e. The predicted octanol–water partition coefficient (Wildman–Crippen LogP) is 5.70. The summed E-state index contributed by atoms with van der Waals surface area (Å²) in [7, 11) is 1.16. The van der Waals surface area contributed by atoms with Crippen LogP contribution in [0.15, 0.2) is 47.3 Å². The van der Waals surface area contributed by atoms with Gasteiger partial charge in [-0.15, -0.1) is 0 Å². The number of carbonyl (C=O) groups excluding carboxylic acids is 1. The predicted molar refractivity (Wildman–Crippen MR) is 109 cm³/mol. The van der Waals surface area contributed by atoms with Gasteiger partial charge in [0.15, 0.2) is 0 Å². The van der Waals surface area contributed by atoms with Crippen LogP contribution in [0.1, 0.15) is 16.1 Å². The lowest BCUT2D eigenvalue weighted by molar-refractivity contribution is 0.0599. The Hall–Kier alpha value is -2.34. The Bertz CT molecular complexity index is 1160.